The van der Waals surface area contributed by atoms with Crippen LogP contribution in [-0.4, -0.2) is 58.1 Å². The molecule has 0 spiro atoms. The van der Waals surface area contributed by atoms with Crippen molar-refractivity contribution in [2.45, 2.75) is 13.3 Å². The molecule has 0 bridgehead atoms. The van der Waals surface area contributed by atoms with Crippen LogP contribution in [0.1, 0.15) is 23.8 Å². The molecule has 98 valence electrons. The molecule has 2 heterocycles. The first-order chi connectivity index (χ1) is 8.59. The Bertz CT molecular complexity index is 458. The van der Waals surface area contributed by atoms with Gasteiger partial charge in [-0.1, -0.05) is 0 Å². The summed E-state index contributed by atoms with van der Waals surface area (Å²) in [5, 5.41) is 6.87. The van der Waals surface area contributed by atoms with Crippen molar-refractivity contribution in [2.75, 3.05) is 31.9 Å². The first-order valence-electron chi connectivity index (χ1n) is 5.72. The first-order valence-corrected chi connectivity index (χ1v) is 5.72. The van der Waals surface area contributed by atoms with Crippen LogP contribution >= 0.6 is 0 Å². The van der Waals surface area contributed by atoms with E-state index >= 15 is 0 Å². The second-order valence-electron chi connectivity index (χ2n) is 4.15. The molecular formula is C10H15N5O3. The molecule has 1 aromatic heterocycles. The Labute approximate surface area is 104 Å². The van der Waals surface area contributed by atoms with E-state index in [1.54, 1.807) is 9.80 Å². The molecule has 18 heavy (non-hydrogen) atoms. The maximum Gasteiger partial charge on any atom is 0.280 e. The molecule has 1 saturated heterocycles. The lowest BCUT2D eigenvalue weighted by Crippen LogP contribution is -2.36. The van der Waals surface area contributed by atoms with Crippen LogP contribution in [0.4, 0.5) is 5.82 Å². The van der Waals surface area contributed by atoms with E-state index in [-0.39, 0.29) is 23.3 Å². The number of aromatic nitrogens is 2. The number of hydrogen-bond donors (Lipinski definition) is 1. The molecule has 2 amide bonds. The fraction of sp³-hybridized carbons (Fsp3) is 0.600. The highest BCUT2D eigenvalue weighted by molar-refractivity contribution is 5.96. The van der Waals surface area contributed by atoms with Crippen LogP contribution in [0.15, 0.2) is 4.63 Å². The van der Waals surface area contributed by atoms with Crippen LogP contribution in [0, 0.1) is 0 Å². The summed E-state index contributed by atoms with van der Waals surface area (Å²) in [5.74, 6) is -0.293. The summed E-state index contributed by atoms with van der Waals surface area (Å²) in [6, 6.07) is 0. The molecule has 1 aliphatic heterocycles. The fourth-order valence-electron chi connectivity index (χ4n) is 1.93. The molecule has 8 heteroatoms. The van der Waals surface area contributed by atoms with E-state index in [0.717, 1.165) is 6.42 Å². The Hall–Kier alpha value is -2.12. The monoisotopic (exact) mass is 253 g/mol. The predicted molar refractivity (Wildman–Crippen MR) is 61.5 cm³/mol. The predicted octanol–water partition coefficient (Wildman–Crippen LogP) is -0.654. The van der Waals surface area contributed by atoms with Crippen molar-refractivity contribution in [3.63, 3.8) is 0 Å². The Morgan fingerprint density at radius 2 is 1.83 bits per heavy atom. The highest BCUT2D eigenvalue weighted by Crippen LogP contribution is 2.11. The molecule has 1 aromatic rings. The molecule has 1 aliphatic rings. The number of rotatable bonds is 1. The van der Waals surface area contributed by atoms with Gasteiger partial charge in [0, 0.05) is 33.1 Å². The Kier molecular flexibility index (Phi) is 3.45. The van der Waals surface area contributed by atoms with Gasteiger partial charge in [0.2, 0.25) is 17.4 Å². The molecular weight excluding hydrogens is 238 g/mol. The summed E-state index contributed by atoms with van der Waals surface area (Å²) in [4.78, 5) is 26.7. The van der Waals surface area contributed by atoms with Gasteiger partial charge in [-0.2, -0.15) is 0 Å². The van der Waals surface area contributed by atoms with Gasteiger partial charge in [0.25, 0.3) is 5.91 Å². The number of carbonyl (C=O) groups is 2. The lowest BCUT2D eigenvalue weighted by molar-refractivity contribution is -0.128. The molecule has 2 N–H and O–H groups in total. The number of anilines is 1. The molecule has 8 nitrogen and oxygen atoms in total. The van der Waals surface area contributed by atoms with Crippen molar-refractivity contribution in [1.82, 2.24) is 20.1 Å². The largest absolute Gasteiger partial charge is 0.379 e. The summed E-state index contributed by atoms with van der Waals surface area (Å²) >= 11 is 0. The molecule has 0 aromatic carbocycles. The quantitative estimate of drug-likeness (QED) is 0.712. The molecule has 0 aliphatic carbocycles. The van der Waals surface area contributed by atoms with E-state index in [9.17, 15) is 9.59 Å². The normalized spacial score (nSPS) is 16.5. The number of amides is 2. The van der Waals surface area contributed by atoms with Gasteiger partial charge in [-0.3, -0.25) is 9.59 Å². The summed E-state index contributed by atoms with van der Waals surface area (Å²) in [7, 11) is 0. The average Bonchev–Trinajstić information content (AvgIpc) is 2.63. The van der Waals surface area contributed by atoms with Crippen molar-refractivity contribution in [1.29, 1.82) is 0 Å². The Balaban J connectivity index is 2.04. The second kappa shape index (κ2) is 5.03. The van der Waals surface area contributed by atoms with Crippen molar-refractivity contribution < 1.29 is 14.2 Å². The van der Waals surface area contributed by atoms with E-state index < -0.39 is 0 Å². The Morgan fingerprint density at radius 1 is 1.17 bits per heavy atom. The van der Waals surface area contributed by atoms with Crippen molar-refractivity contribution in [3.05, 3.63) is 5.69 Å². The zero-order chi connectivity index (χ0) is 13.1. The third-order valence-corrected chi connectivity index (χ3v) is 2.94. The van der Waals surface area contributed by atoms with Gasteiger partial charge in [0.15, 0.2) is 0 Å². The van der Waals surface area contributed by atoms with Gasteiger partial charge in [-0.25, -0.2) is 4.63 Å². The summed E-state index contributed by atoms with van der Waals surface area (Å²) in [6.45, 7) is 3.73. The minimum atomic E-state index is -0.306. The number of nitrogens with zero attached hydrogens (tertiary/aromatic N) is 4. The maximum absolute atomic E-state index is 12.1. The van der Waals surface area contributed by atoms with E-state index in [0.29, 0.717) is 26.2 Å². The SMILES string of the molecule is CC(=O)N1CCCN(C(=O)c2nonc2N)CC1. The molecule has 0 unspecified atom stereocenters. The van der Waals surface area contributed by atoms with Crippen molar-refractivity contribution in [2.24, 2.45) is 0 Å². The van der Waals surface area contributed by atoms with Crippen molar-refractivity contribution in [3.8, 4) is 0 Å². The van der Waals surface area contributed by atoms with E-state index in [1.807, 2.05) is 0 Å². The van der Waals surface area contributed by atoms with Gasteiger partial charge in [-0.05, 0) is 16.7 Å². The maximum atomic E-state index is 12.1. The summed E-state index contributed by atoms with van der Waals surface area (Å²) in [6.07, 6.45) is 0.733. The number of hydrogen-bond acceptors (Lipinski definition) is 6. The Morgan fingerprint density at radius 3 is 2.44 bits per heavy atom. The smallest absolute Gasteiger partial charge is 0.280 e. The molecule has 0 saturated carbocycles. The van der Waals surface area contributed by atoms with Crippen LogP contribution in [0.2, 0.25) is 0 Å². The minimum absolute atomic E-state index is 0.00679. The van der Waals surface area contributed by atoms with Gasteiger partial charge < -0.3 is 15.5 Å². The number of carbonyl (C=O) groups excluding carboxylic acids is 2. The molecule has 1 fully saturated rings. The fourth-order valence-corrected chi connectivity index (χ4v) is 1.93. The van der Waals surface area contributed by atoms with Crippen LogP contribution in [0.5, 0.6) is 0 Å². The van der Waals surface area contributed by atoms with E-state index in [1.165, 1.54) is 6.92 Å². The lowest BCUT2D eigenvalue weighted by Gasteiger charge is -2.20. The third-order valence-electron chi connectivity index (χ3n) is 2.94. The molecule has 0 atom stereocenters. The van der Waals surface area contributed by atoms with E-state index in [4.69, 9.17) is 5.73 Å². The topological polar surface area (TPSA) is 106 Å². The standard InChI is InChI=1S/C10H15N5O3/c1-7(16)14-3-2-4-15(6-5-14)10(17)8-9(11)13-18-12-8/h2-6H2,1H3,(H2,11,13). The van der Waals surface area contributed by atoms with Crippen LogP contribution in [0.25, 0.3) is 0 Å². The van der Waals surface area contributed by atoms with Gasteiger partial charge in [0.05, 0.1) is 0 Å². The average molecular weight is 253 g/mol. The summed E-state index contributed by atoms with van der Waals surface area (Å²) < 4.78 is 4.41. The highest BCUT2D eigenvalue weighted by atomic mass is 16.6. The van der Waals surface area contributed by atoms with Gasteiger partial charge >= 0.3 is 0 Å². The minimum Gasteiger partial charge on any atom is -0.379 e. The zero-order valence-electron chi connectivity index (χ0n) is 10.1. The molecule has 0 radical (unpaired) electrons. The van der Waals surface area contributed by atoms with Crippen LogP contribution in [0.3, 0.4) is 0 Å². The first kappa shape index (κ1) is 12.3. The lowest BCUT2D eigenvalue weighted by atomic mass is 10.3. The van der Waals surface area contributed by atoms with Crippen molar-refractivity contribution >= 4 is 17.6 Å². The third kappa shape index (κ3) is 2.41. The highest BCUT2D eigenvalue weighted by Gasteiger charge is 2.25. The van der Waals surface area contributed by atoms with E-state index in [2.05, 4.69) is 14.9 Å². The zero-order valence-corrected chi connectivity index (χ0v) is 10.1. The molecule has 2 rings (SSSR count). The van der Waals surface area contributed by atoms with Crippen LogP contribution < -0.4 is 5.73 Å². The van der Waals surface area contributed by atoms with Crippen LogP contribution in [-0.2, 0) is 4.79 Å². The number of nitrogen functional groups attached to an aromatic ring is 1. The summed E-state index contributed by atoms with van der Waals surface area (Å²) in [5.41, 5.74) is 5.52. The second-order valence-corrected chi connectivity index (χ2v) is 4.15. The van der Waals surface area contributed by atoms with Gasteiger partial charge in [-0.15, -0.1) is 0 Å². The van der Waals surface area contributed by atoms with Gasteiger partial charge in [0.1, 0.15) is 0 Å². The number of nitrogens with two attached hydrogens (primary N) is 1.